The Balaban J connectivity index is 2.16. The summed E-state index contributed by atoms with van der Waals surface area (Å²) >= 11 is 11.9. The van der Waals surface area contributed by atoms with Crippen LogP contribution >= 0.6 is 23.2 Å². The average molecular weight is 322 g/mol. The third-order valence-corrected chi connectivity index (χ3v) is 3.28. The first-order chi connectivity index (χ1) is 9.95. The van der Waals surface area contributed by atoms with Gasteiger partial charge in [-0.05, 0) is 29.8 Å². The molecule has 2 aromatic carbocycles. The molecule has 0 aliphatic rings. The van der Waals surface area contributed by atoms with E-state index < -0.39 is 0 Å². The summed E-state index contributed by atoms with van der Waals surface area (Å²) in [6.45, 7) is 1.46. The molecule has 2 rings (SSSR count). The van der Waals surface area contributed by atoms with Gasteiger partial charge in [-0.1, -0.05) is 35.3 Å². The van der Waals surface area contributed by atoms with E-state index in [-0.39, 0.29) is 5.91 Å². The summed E-state index contributed by atoms with van der Waals surface area (Å²) in [5.74, 6) is -0.109. The van der Waals surface area contributed by atoms with Crippen LogP contribution in [0, 0.1) is 0 Å². The Hall–Kier alpha value is -2.04. The number of carbonyl (C=O) groups excluding carboxylic acids is 1. The highest BCUT2D eigenvalue weighted by molar-refractivity contribution is 6.39. The second kappa shape index (κ2) is 6.61. The van der Waals surface area contributed by atoms with Gasteiger partial charge in [-0.15, -0.1) is 0 Å². The molecular formula is C15H13Cl2N3O. The Bertz CT molecular complexity index is 674. The van der Waals surface area contributed by atoms with Gasteiger partial charge < -0.3 is 11.1 Å². The summed E-state index contributed by atoms with van der Waals surface area (Å²) in [5, 5.41) is 3.44. The molecule has 0 unspecified atom stereocenters. The van der Waals surface area contributed by atoms with Crippen molar-refractivity contribution in [1.82, 2.24) is 0 Å². The predicted molar refractivity (Wildman–Crippen MR) is 88.9 cm³/mol. The first-order valence-corrected chi connectivity index (χ1v) is 6.87. The summed E-state index contributed by atoms with van der Waals surface area (Å²) in [7, 11) is 0. The number of hydrogen-bond donors (Lipinski definition) is 2. The van der Waals surface area contributed by atoms with Crippen molar-refractivity contribution in [2.24, 2.45) is 4.99 Å². The van der Waals surface area contributed by atoms with Crippen molar-refractivity contribution in [1.29, 1.82) is 0 Å². The minimum atomic E-state index is -0.109. The molecule has 0 aliphatic carbocycles. The number of hydrogen-bond acceptors (Lipinski definition) is 3. The van der Waals surface area contributed by atoms with E-state index in [1.165, 1.54) is 6.92 Å². The maximum absolute atomic E-state index is 10.9. The van der Waals surface area contributed by atoms with E-state index in [1.807, 2.05) is 12.1 Å². The zero-order valence-electron chi connectivity index (χ0n) is 11.2. The predicted octanol–water partition coefficient (Wildman–Crippen LogP) is 4.28. The zero-order chi connectivity index (χ0) is 15.4. The number of amides is 1. The molecule has 21 heavy (non-hydrogen) atoms. The average Bonchev–Trinajstić information content (AvgIpc) is 2.43. The van der Waals surface area contributed by atoms with Crippen molar-refractivity contribution in [2.45, 2.75) is 6.92 Å². The van der Waals surface area contributed by atoms with Crippen molar-refractivity contribution >= 4 is 52.4 Å². The van der Waals surface area contributed by atoms with Gasteiger partial charge in [-0.3, -0.25) is 9.79 Å². The number of carbonyl (C=O) groups is 1. The summed E-state index contributed by atoms with van der Waals surface area (Å²) in [4.78, 5) is 15.2. The van der Waals surface area contributed by atoms with Gasteiger partial charge >= 0.3 is 0 Å². The quantitative estimate of drug-likeness (QED) is 0.654. The van der Waals surface area contributed by atoms with Gasteiger partial charge in [0.2, 0.25) is 5.91 Å². The number of rotatable bonds is 3. The maximum atomic E-state index is 10.9. The fourth-order valence-electron chi connectivity index (χ4n) is 1.65. The van der Waals surface area contributed by atoms with Crippen LogP contribution in [0.2, 0.25) is 10.0 Å². The summed E-state index contributed by atoms with van der Waals surface area (Å²) in [6, 6.07) is 10.6. The van der Waals surface area contributed by atoms with E-state index in [0.29, 0.717) is 21.4 Å². The van der Waals surface area contributed by atoms with E-state index in [9.17, 15) is 4.79 Å². The van der Waals surface area contributed by atoms with E-state index in [1.54, 1.807) is 30.5 Å². The van der Waals surface area contributed by atoms with Gasteiger partial charge in [0.1, 0.15) is 0 Å². The number of halogens is 2. The molecule has 0 saturated carbocycles. The van der Waals surface area contributed by atoms with Crippen molar-refractivity contribution in [3.63, 3.8) is 0 Å². The lowest BCUT2D eigenvalue weighted by Crippen LogP contribution is -2.05. The second-order valence-corrected chi connectivity index (χ2v) is 5.20. The highest BCUT2D eigenvalue weighted by atomic mass is 35.5. The molecule has 108 valence electrons. The summed E-state index contributed by atoms with van der Waals surface area (Å²) in [5.41, 5.74) is 8.24. The van der Waals surface area contributed by atoms with Gasteiger partial charge in [0.25, 0.3) is 0 Å². The molecule has 4 nitrogen and oxygen atoms in total. The number of nitrogens with zero attached hydrogens (tertiary/aromatic N) is 1. The first kappa shape index (κ1) is 15.4. The highest BCUT2D eigenvalue weighted by Crippen LogP contribution is 2.32. The zero-order valence-corrected chi connectivity index (χ0v) is 12.7. The second-order valence-electron chi connectivity index (χ2n) is 4.38. The van der Waals surface area contributed by atoms with Gasteiger partial charge in [0.15, 0.2) is 0 Å². The topological polar surface area (TPSA) is 67.5 Å². The molecule has 0 spiro atoms. The Morgan fingerprint density at radius 1 is 1.19 bits per heavy atom. The summed E-state index contributed by atoms with van der Waals surface area (Å²) < 4.78 is 0. The van der Waals surface area contributed by atoms with E-state index in [0.717, 1.165) is 11.3 Å². The maximum Gasteiger partial charge on any atom is 0.221 e. The third-order valence-electron chi connectivity index (χ3n) is 2.66. The Morgan fingerprint density at radius 2 is 1.76 bits per heavy atom. The lowest BCUT2D eigenvalue weighted by Gasteiger charge is -2.03. The van der Waals surface area contributed by atoms with Crippen molar-refractivity contribution in [2.75, 3.05) is 11.1 Å². The van der Waals surface area contributed by atoms with Crippen molar-refractivity contribution < 1.29 is 4.79 Å². The van der Waals surface area contributed by atoms with Crippen LogP contribution in [-0.2, 0) is 4.79 Å². The number of nitrogen functional groups attached to an aromatic ring is 1. The lowest BCUT2D eigenvalue weighted by molar-refractivity contribution is -0.114. The fraction of sp³-hybridized carbons (Fsp3) is 0.0667. The standard InChI is InChI=1S/C15H13Cl2N3O/c1-9(21)20-11-4-2-10(3-5-11)8-19-12-6-13(16)15(18)14(17)7-12/h2-8H,18H2,1H3,(H,20,21). The van der Waals surface area contributed by atoms with Crippen molar-refractivity contribution in [3.05, 3.63) is 52.0 Å². The van der Waals surface area contributed by atoms with Crippen LogP contribution in [0.5, 0.6) is 0 Å². The molecule has 0 heterocycles. The molecule has 1 amide bonds. The Labute approximate surface area is 132 Å². The summed E-state index contributed by atoms with van der Waals surface area (Å²) in [6.07, 6.45) is 1.68. The Morgan fingerprint density at radius 3 is 2.29 bits per heavy atom. The molecule has 6 heteroatoms. The smallest absolute Gasteiger partial charge is 0.221 e. The van der Waals surface area contributed by atoms with Crippen LogP contribution in [-0.4, -0.2) is 12.1 Å². The van der Waals surface area contributed by atoms with Crippen LogP contribution < -0.4 is 11.1 Å². The number of aliphatic imine (C=N–C) groups is 1. The molecule has 0 saturated heterocycles. The molecule has 0 aliphatic heterocycles. The molecule has 0 bridgehead atoms. The normalized spacial score (nSPS) is 10.8. The molecular weight excluding hydrogens is 309 g/mol. The number of nitrogens with two attached hydrogens (primary N) is 1. The van der Waals surface area contributed by atoms with Crippen LogP contribution in [0.1, 0.15) is 12.5 Å². The number of nitrogens with one attached hydrogen (secondary N) is 1. The monoisotopic (exact) mass is 321 g/mol. The van der Waals surface area contributed by atoms with Gasteiger partial charge in [0.05, 0.1) is 21.4 Å². The SMILES string of the molecule is CC(=O)Nc1ccc(C=Nc2cc(Cl)c(N)c(Cl)c2)cc1. The molecule has 0 fully saturated rings. The van der Waals surface area contributed by atoms with Crippen molar-refractivity contribution in [3.8, 4) is 0 Å². The highest BCUT2D eigenvalue weighted by Gasteiger charge is 2.03. The van der Waals surface area contributed by atoms with Gasteiger partial charge in [-0.2, -0.15) is 0 Å². The third kappa shape index (κ3) is 4.21. The van der Waals surface area contributed by atoms with Crippen LogP contribution in [0.3, 0.4) is 0 Å². The minimum Gasteiger partial charge on any atom is -0.396 e. The number of anilines is 2. The molecule has 3 N–H and O–H groups in total. The lowest BCUT2D eigenvalue weighted by atomic mass is 10.2. The first-order valence-electron chi connectivity index (χ1n) is 6.12. The molecule has 0 aromatic heterocycles. The fourth-order valence-corrected chi connectivity index (χ4v) is 2.13. The van der Waals surface area contributed by atoms with E-state index in [2.05, 4.69) is 10.3 Å². The van der Waals surface area contributed by atoms with Crippen LogP contribution in [0.15, 0.2) is 41.4 Å². The minimum absolute atomic E-state index is 0.109. The molecule has 0 atom stereocenters. The number of benzene rings is 2. The van der Waals surface area contributed by atoms with Gasteiger partial charge in [0, 0.05) is 18.8 Å². The molecule has 2 aromatic rings. The Kier molecular flexibility index (Phi) is 4.83. The van der Waals surface area contributed by atoms with Crippen LogP contribution in [0.25, 0.3) is 0 Å². The van der Waals surface area contributed by atoms with Gasteiger partial charge in [-0.25, -0.2) is 0 Å². The van der Waals surface area contributed by atoms with E-state index >= 15 is 0 Å². The largest absolute Gasteiger partial charge is 0.396 e. The molecule has 0 radical (unpaired) electrons. The van der Waals surface area contributed by atoms with Crippen LogP contribution in [0.4, 0.5) is 17.1 Å². The van der Waals surface area contributed by atoms with E-state index in [4.69, 9.17) is 28.9 Å².